The molecule has 1 amide bonds. The quantitative estimate of drug-likeness (QED) is 0.493. The second-order valence-corrected chi connectivity index (χ2v) is 7.58. The molecular weight excluding hydrogens is 372 g/mol. The number of fused-ring (bicyclic) bond motifs is 1. The molecule has 1 aromatic heterocycles. The van der Waals surface area contributed by atoms with Crippen molar-refractivity contribution in [1.82, 2.24) is 9.88 Å². The number of aromatic amines is 1. The molecule has 2 N–H and O–H groups in total. The number of unbranched alkanes of at least 4 members (excludes halogenated alkanes) is 2. The maximum atomic E-state index is 12.0. The third-order valence-electron chi connectivity index (χ3n) is 5.54. The average molecular weight is 400 g/mol. The second kappa shape index (κ2) is 9.58. The van der Waals surface area contributed by atoms with E-state index in [-0.39, 0.29) is 18.3 Å². The number of aliphatic carboxylic acids is 1. The summed E-state index contributed by atoms with van der Waals surface area (Å²) in [5.74, 6) is -1.77. The Hall–Kier alpha value is -2.83. The molecular formula is C22H28N2O5. The molecule has 7 heteroatoms. The summed E-state index contributed by atoms with van der Waals surface area (Å²) in [6, 6.07) is 7.68. The summed E-state index contributed by atoms with van der Waals surface area (Å²) in [6.45, 7) is 2.12. The number of benzene rings is 1. The van der Waals surface area contributed by atoms with E-state index in [2.05, 4.69) is 4.98 Å². The van der Waals surface area contributed by atoms with Gasteiger partial charge in [0.25, 0.3) is 0 Å². The SMILES string of the molecule is CC(=O)N1CCCC1OC(=O)CCCCCC(C(=O)O)c1c[nH]c2ccccc12. The number of carboxylic acid groups (broad SMARTS) is 1. The first-order valence-electron chi connectivity index (χ1n) is 10.2. The normalized spacial score (nSPS) is 17.4. The van der Waals surface area contributed by atoms with Gasteiger partial charge in [-0.1, -0.05) is 31.0 Å². The molecule has 0 bridgehead atoms. The van der Waals surface area contributed by atoms with Crippen LogP contribution in [0.5, 0.6) is 0 Å². The molecule has 0 aliphatic carbocycles. The minimum absolute atomic E-state index is 0.0720. The van der Waals surface area contributed by atoms with Gasteiger partial charge in [-0.3, -0.25) is 14.4 Å². The predicted octanol–water partition coefficient (Wildman–Crippen LogP) is 3.80. The zero-order chi connectivity index (χ0) is 20.8. The van der Waals surface area contributed by atoms with Crippen molar-refractivity contribution in [3.63, 3.8) is 0 Å². The van der Waals surface area contributed by atoms with Crippen LogP contribution in [0.3, 0.4) is 0 Å². The Morgan fingerprint density at radius 2 is 2.03 bits per heavy atom. The number of amides is 1. The maximum Gasteiger partial charge on any atom is 0.311 e. The highest BCUT2D eigenvalue weighted by atomic mass is 16.6. The molecule has 3 rings (SSSR count). The number of aromatic nitrogens is 1. The molecule has 156 valence electrons. The van der Waals surface area contributed by atoms with Gasteiger partial charge in [0.1, 0.15) is 0 Å². The van der Waals surface area contributed by atoms with Crippen molar-refractivity contribution >= 4 is 28.7 Å². The number of nitrogens with one attached hydrogen (secondary N) is 1. The molecule has 2 heterocycles. The summed E-state index contributed by atoms with van der Waals surface area (Å²) >= 11 is 0. The van der Waals surface area contributed by atoms with Crippen LogP contribution in [0, 0.1) is 0 Å². The van der Waals surface area contributed by atoms with Crippen molar-refractivity contribution in [3.8, 4) is 0 Å². The number of nitrogens with zero attached hydrogens (tertiary/aromatic N) is 1. The fourth-order valence-corrected chi connectivity index (χ4v) is 4.02. The molecule has 1 aromatic carbocycles. The Balaban J connectivity index is 1.43. The van der Waals surface area contributed by atoms with E-state index in [1.165, 1.54) is 6.92 Å². The first-order valence-corrected chi connectivity index (χ1v) is 10.2. The molecule has 0 spiro atoms. The third-order valence-corrected chi connectivity index (χ3v) is 5.54. The molecule has 1 fully saturated rings. The van der Waals surface area contributed by atoms with Gasteiger partial charge in [-0.2, -0.15) is 0 Å². The van der Waals surface area contributed by atoms with E-state index in [1.54, 1.807) is 11.1 Å². The van der Waals surface area contributed by atoms with E-state index in [1.807, 2.05) is 24.3 Å². The summed E-state index contributed by atoms with van der Waals surface area (Å²) in [5, 5.41) is 10.6. The zero-order valence-corrected chi connectivity index (χ0v) is 16.7. The predicted molar refractivity (Wildman–Crippen MR) is 108 cm³/mol. The monoisotopic (exact) mass is 400 g/mol. The molecule has 29 heavy (non-hydrogen) atoms. The number of hydrogen-bond acceptors (Lipinski definition) is 4. The van der Waals surface area contributed by atoms with Crippen LogP contribution in [0.15, 0.2) is 30.5 Å². The van der Waals surface area contributed by atoms with Crippen molar-refractivity contribution in [2.45, 2.75) is 64.0 Å². The summed E-state index contributed by atoms with van der Waals surface area (Å²) < 4.78 is 5.43. The lowest BCUT2D eigenvalue weighted by atomic mass is 9.93. The lowest BCUT2D eigenvalue weighted by molar-refractivity contribution is -0.160. The van der Waals surface area contributed by atoms with Crippen LogP contribution in [0.2, 0.25) is 0 Å². The van der Waals surface area contributed by atoms with Gasteiger partial charge in [0, 0.05) is 43.4 Å². The molecule has 2 aromatic rings. The molecule has 0 saturated carbocycles. The van der Waals surface area contributed by atoms with Crippen molar-refractivity contribution in [2.75, 3.05) is 6.54 Å². The van der Waals surface area contributed by atoms with Crippen LogP contribution in [0.25, 0.3) is 10.9 Å². The molecule has 1 saturated heterocycles. The standard InChI is InChI=1S/C22H28N2O5/c1-15(25)24-13-7-11-20(24)29-21(26)12-4-2-3-9-17(22(27)28)18-14-23-19-10-6-5-8-16(18)19/h5-6,8,10,14,17,20,23H,2-4,7,9,11-13H2,1H3,(H,27,28). The Morgan fingerprint density at radius 3 is 2.79 bits per heavy atom. The maximum absolute atomic E-state index is 12.0. The number of carboxylic acids is 1. The highest BCUT2D eigenvalue weighted by Crippen LogP contribution is 2.30. The summed E-state index contributed by atoms with van der Waals surface area (Å²) in [4.78, 5) is 40.1. The van der Waals surface area contributed by atoms with Gasteiger partial charge in [-0.05, 0) is 30.9 Å². The van der Waals surface area contributed by atoms with Gasteiger partial charge < -0.3 is 19.7 Å². The van der Waals surface area contributed by atoms with Gasteiger partial charge in [0.2, 0.25) is 5.91 Å². The van der Waals surface area contributed by atoms with Crippen molar-refractivity contribution in [1.29, 1.82) is 0 Å². The smallest absolute Gasteiger partial charge is 0.311 e. The largest absolute Gasteiger partial charge is 0.481 e. The number of carbonyl (C=O) groups excluding carboxylic acids is 2. The van der Waals surface area contributed by atoms with E-state index >= 15 is 0 Å². The van der Waals surface area contributed by atoms with Crippen molar-refractivity contribution in [3.05, 3.63) is 36.0 Å². The molecule has 7 nitrogen and oxygen atoms in total. The third kappa shape index (κ3) is 5.16. The Labute approximate surface area is 170 Å². The van der Waals surface area contributed by atoms with Crippen LogP contribution in [0.4, 0.5) is 0 Å². The van der Waals surface area contributed by atoms with Gasteiger partial charge >= 0.3 is 11.9 Å². The average Bonchev–Trinajstić information content (AvgIpc) is 3.31. The lowest BCUT2D eigenvalue weighted by Crippen LogP contribution is -2.36. The number of carbonyl (C=O) groups is 3. The number of H-pyrrole nitrogens is 1. The van der Waals surface area contributed by atoms with E-state index in [4.69, 9.17) is 4.74 Å². The van der Waals surface area contributed by atoms with Crippen LogP contribution >= 0.6 is 0 Å². The number of hydrogen-bond donors (Lipinski definition) is 2. The minimum Gasteiger partial charge on any atom is -0.481 e. The highest BCUT2D eigenvalue weighted by Gasteiger charge is 2.29. The van der Waals surface area contributed by atoms with E-state index < -0.39 is 18.1 Å². The van der Waals surface area contributed by atoms with Gasteiger partial charge in [-0.25, -0.2) is 0 Å². The van der Waals surface area contributed by atoms with Crippen molar-refractivity contribution in [2.24, 2.45) is 0 Å². The van der Waals surface area contributed by atoms with Crippen LogP contribution in [-0.2, 0) is 19.1 Å². The zero-order valence-electron chi connectivity index (χ0n) is 16.7. The topological polar surface area (TPSA) is 99.7 Å². The Bertz CT molecular complexity index is 875. The number of esters is 1. The molecule has 1 aliphatic heterocycles. The van der Waals surface area contributed by atoms with Crippen LogP contribution < -0.4 is 0 Å². The molecule has 0 radical (unpaired) electrons. The number of ether oxygens (including phenoxy) is 1. The van der Waals surface area contributed by atoms with Gasteiger partial charge in [-0.15, -0.1) is 0 Å². The summed E-state index contributed by atoms with van der Waals surface area (Å²) in [6.07, 6.45) is 5.81. The van der Waals surface area contributed by atoms with E-state index in [0.29, 0.717) is 32.2 Å². The van der Waals surface area contributed by atoms with E-state index in [9.17, 15) is 19.5 Å². The van der Waals surface area contributed by atoms with Crippen LogP contribution in [-0.4, -0.2) is 45.6 Å². The number of rotatable bonds is 9. The fraction of sp³-hybridized carbons (Fsp3) is 0.500. The molecule has 2 atom stereocenters. The van der Waals surface area contributed by atoms with Gasteiger partial charge in [0.15, 0.2) is 6.23 Å². The fourth-order valence-electron chi connectivity index (χ4n) is 4.02. The summed E-state index contributed by atoms with van der Waals surface area (Å²) in [7, 11) is 0. The second-order valence-electron chi connectivity index (χ2n) is 7.58. The molecule has 2 unspecified atom stereocenters. The van der Waals surface area contributed by atoms with Crippen molar-refractivity contribution < 1.29 is 24.2 Å². The lowest BCUT2D eigenvalue weighted by Gasteiger charge is -2.23. The van der Waals surface area contributed by atoms with Gasteiger partial charge in [0.05, 0.1) is 5.92 Å². The Kier molecular flexibility index (Phi) is 6.90. The van der Waals surface area contributed by atoms with E-state index in [0.717, 1.165) is 29.3 Å². The summed E-state index contributed by atoms with van der Waals surface area (Å²) in [5.41, 5.74) is 1.74. The first-order chi connectivity index (χ1) is 14.0. The molecule has 1 aliphatic rings. The first kappa shape index (κ1) is 20.9. The highest BCUT2D eigenvalue weighted by molar-refractivity contribution is 5.89. The Morgan fingerprint density at radius 1 is 1.24 bits per heavy atom. The number of likely N-dealkylation sites (tertiary alicyclic amines) is 1. The number of para-hydroxylation sites is 1. The minimum atomic E-state index is -0.834. The van der Waals surface area contributed by atoms with Crippen LogP contribution in [0.1, 0.15) is 63.4 Å².